The molecule has 0 fully saturated rings. The Balaban J connectivity index is 2.16. The third-order valence-electron chi connectivity index (χ3n) is 2.60. The Kier molecular flexibility index (Phi) is 6.39. The molecule has 0 aromatic heterocycles. The van der Waals surface area contributed by atoms with Crippen molar-refractivity contribution in [1.29, 1.82) is 0 Å². The molecule has 1 amide bonds. The molecule has 0 saturated carbocycles. The van der Waals surface area contributed by atoms with Crippen LogP contribution in [0.1, 0.15) is 12.0 Å². The van der Waals surface area contributed by atoms with E-state index in [1.165, 1.54) is 5.56 Å². The van der Waals surface area contributed by atoms with Crippen molar-refractivity contribution < 1.29 is 4.79 Å². The lowest BCUT2D eigenvalue weighted by molar-refractivity contribution is -0.116. The number of carbonyl (C=O) groups excluding carboxylic acids is 1. The molecule has 0 radical (unpaired) electrons. The van der Waals surface area contributed by atoms with E-state index in [1.54, 1.807) is 0 Å². The number of benzene rings is 1. The molecule has 2 N–H and O–H groups in total. The third kappa shape index (κ3) is 6.37. The molecule has 100 valence electrons. The number of likely N-dealkylation sites (N-methyl/N-ethyl adjacent to an activating group) is 1. The Labute approximate surface area is 109 Å². The van der Waals surface area contributed by atoms with Crippen LogP contribution >= 0.6 is 0 Å². The zero-order chi connectivity index (χ0) is 13.4. The standard InChI is InChI=1S/C14H23N3O/c1-12-4-6-13(7-5-12)16-14(18)8-9-15-10-11-17(2)3/h4-7,15H,8-11H2,1-3H3,(H,16,18). The first-order valence-electron chi connectivity index (χ1n) is 6.30. The van der Waals surface area contributed by atoms with Gasteiger partial charge >= 0.3 is 0 Å². The van der Waals surface area contributed by atoms with E-state index in [9.17, 15) is 4.79 Å². The fraction of sp³-hybridized carbons (Fsp3) is 0.500. The first-order chi connectivity index (χ1) is 8.58. The Morgan fingerprint density at radius 2 is 1.83 bits per heavy atom. The fourth-order valence-corrected chi connectivity index (χ4v) is 1.49. The van der Waals surface area contributed by atoms with Gasteiger partial charge in [0.2, 0.25) is 5.91 Å². The van der Waals surface area contributed by atoms with Crippen LogP contribution in [0.2, 0.25) is 0 Å². The molecule has 1 rings (SSSR count). The number of anilines is 1. The maximum Gasteiger partial charge on any atom is 0.225 e. The van der Waals surface area contributed by atoms with Gasteiger partial charge in [-0.25, -0.2) is 0 Å². The molecule has 18 heavy (non-hydrogen) atoms. The summed E-state index contributed by atoms with van der Waals surface area (Å²) in [5, 5.41) is 6.12. The maximum atomic E-state index is 11.6. The highest BCUT2D eigenvalue weighted by Gasteiger charge is 2.01. The van der Waals surface area contributed by atoms with Gasteiger partial charge in [0.25, 0.3) is 0 Å². The lowest BCUT2D eigenvalue weighted by Crippen LogP contribution is -2.29. The van der Waals surface area contributed by atoms with Crippen molar-refractivity contribution in [3.05, 3.63) is 29.8 Å². The van der Waals surface area contributed by atoms with Crippen LogP contribution in [0.5, 0.6) is 0 Å². The van der Waals surface area contributed by atoms with E-state index in [0.29, 0.717) is 13.0 Å². The Morgan fingerprint density at radius 1 is 1.17 bits per heavy atom. The van der Waals surface area contributed by atoms with E-state index in [-0.39, 0.29) is 5.91 Å². The van der Waals surface area contributed by atoms with Gasteiger partial charge in [-0.15, -0.1) is 0 Å². The summed E-state index contributed by atoms with van der Waals surface area (Å²) in [4.78, 5) is 13.7. The number of hydrogen-bond acceptors (Lipinski definition) is 3. The number of hydrogen-bond donors (Lipinski definition) is 2. The van der Waals surface area contributed by atoms with E-state index < -0.39 is 0 Å². The van der Waals surface area contributed by atoms with Crippen molar-refractivity contribution in [3.63, 3.8) is 0 Å². The van der Waals surface area contributed by atoms with Crippen LogP contribution in [0.15, 0.2) is 24.3 Å². The minimum Gasteiger partial charge on any atom is -0.326 e. The van der Waals surface area contributed by atoms with Gasteiger partial charge in [0.15, 0.2) is 0 Å². The number of rotatable bonds is 7. The van der Waals surface area contributed by atoms with E-state index in [1.807, 2.05) is 45.3 Å². The van der Waals surface area contributed by atoms with Gasteiger partial charge in [-0.2, -0.15) is 0 Å². The monoisotopic (exact) mass is 249 g/mol. The van der Waals surface area contributed by atoms with Crippen LogP contribution in [-0.2, 0) is 4.79 Å². The van der Waals surface area contributed by atoms with Crippen LogP contribution in [0.4, 0.5) is 5.69 Å². The number of nitrogens with one attached hydrogen (secondary N) is 2. The molecule has 0 saturated heterocycles. The van der Waals surface area contributed by atoms with Crippen molar-refractivity contribution in [2.75, 3.05) is 39.0 Å². The van der Waals surface area contributed by atoms with Gasteiger partial charge in [0.1, 0.15) is 0 Å². The predicted molar refractivity (Wildman–Crippen MR) is 75.8 cm³/mol. The van der Waals surface area contributed by atoms with Crippen LogP contribution in [0, 0.1) is 6.92 Å². The third-order valence-corrected chi connectivity index (χ3v) is 2.60. The molecular formula is C14H23N3O. The fourth-order valence-electron chi connectivity index (χ4n) is 1.49. The van der Waals surface area contributed by atoms with Crippen LogP contribution in [0.25, 0.3) is 0 Å². The highest BCUT2D eigenvalue weighted by Crippen LogP contribution is 2.08. The van der Waals surface area contributed by atoms with Crippen molar-refractivity contribution >= 4 is 11.6 Å². The summed E-state index contributed by atoms with van der Waals surface area (Å²) in [6.07, 6.45) is 0.501. The van der Waals surface area contributed by atoms with E-state index in [2.05, 4.69) is 15.5 Å². The topological polar surface area (TPSA) is 44.4 Å². The van der Waals surface area contributed by atoms with Gasteiger partial charge in [0, 0.05) is 31.7 Å². The first-order valence-corrected chi connectivity index (χ1v) is 6.30. The first kappa shape index (κ1) is 14.7. The molecule has 0 aliphatic carbocycles. The SMILES string of the molecule is Cc1ccc(NC(=O)CCNCCN(C)C)cc1. The van der Waals surface area contributed by atoms with Crippen LogP contribution < -0.4 is 10.6 Å². The zero-order valence-electron chi connectivity index (χ0n) is 11.5. The molecule has 0 aliphatic rings. The highest BCUT2D eigenvalue weighted by molar-refractivity contribution is 5.90. The van der Waals surface area contributed by atoms with Gasteiger partial charge in [-0.1, -0.05) is 17.7 Å². The van der Waals surface area contributed by atoms with Crippen LogP contribution in [0.3, 0.4) is 0 Å². The van der Waals surface area contributed by atoms with E-state index >= 15 is 0 Å². The molecule has 1 aromatic carbocycles. The zero-order valence-corrected chi connectivity index (χ0v) is 11.5. The molecule has 0 atom stereocenters. The molecule has 0 spiro atoms. The highest BCUT2D eigenvalue weighted by atomic mass is 16.1. The lowest BCUT2D eigenvalue weighted by atomic mass is 10.2. The average Bonchev–Trinajstić information content (AvgIpc) is 2.31. The van der Waals surface area contributed by atoms with Gasteiger partial charge in [-0.05, 0) is 33.2 Å². The molecule has 4 nitrogen and oxygen atoms in total. The van der Waals surface area contributed by atoms with Gasteiger partial charge in [-0.3, -0.25) is 4.79 Å². The Hall–Kier alpha value is -1.39. The molecular weight excluding hydrogens is 226 g/mol. The summed E-state index contributed by atoms with van der Waals surface area (Å²) in [6, 6.07) is 7.83. The summed E-state index contributed by atoms with van der Waals surface area (Å²) >= 11 is 0. The number of nitrogens with zero attached hydrogens (tertiary/aromatic N) is 1. The number of carbonyl (C=O) groups is 1. The quantitative estimate of drug-likeness (QED) is 0.719. The lowest BCUT2D eigenvalue weighted by Gasteiger charge is -2.10. The molecule has 0 unspecified atom stereocenters. The Morgan fingerprint density at radius 3 is 2.44 bits per heavy atom. The summed E-state index contributed by atoms with van der Waals surface area (Å²) in [7, 11) is 4.07. The van der Waals surface area contributed by atoms with Crippen molar-refractivity contribution in [3.8, 4) is 0 Å². The summed E-state index contributed by atoms with van der Waals surface area (Å²) in [5.41, 5.74) is 2.05. The maximum absolute atomic E-state index is 11.6. The molecule has 0 heterocycles. The van der Waals surface area contributed by atoms with Gasteiger partial charge < -0.3 is 15.5 Å². The second-order valence-electron chi connectivity index (χ2n) is 4.72. The van der Waals surface area contributed by atoms with Gasteiger partial charge in [0.05, 0.1) is 0 Å². The minimum atomic E-state index is 0.0520. The van der Waals surface area contributed by atoms with E-state index in [0.717, 1.165) is 18.8 Å². The largest absolute Gasteiger partial charge is 0.326 e. The minimum absolute atomic E-state index is 0.0520. The number of amides is 1. The second kappa shape index (κ2) is 7.84. The van der Waals surface area contributed by atoms with Crippen molar-refractivity contribution in [2.24, 2.45) is 0 Å². The second-order valence-corrected chi connectivity index (χ2v) is 4.72. The molecule has 0 aliphatic heterocycles. The summed E-state index contributed by atoms with van der Waals surface area (Å²) < 4.78 is 0. The smallest absolute Gasteiger partial charge is 0.225 e. The average molecular weight is 249 g/mol. The molecule has 0 bridgehead atoms. The normalized spacial score (nSPS) is 10.7. The van der Waals surface area contributed by atoms with E-state index in [4.69, 9.17) is 0 Å². The molecule has 1 aromatic rings. The van der Waals surface area contributed by atoms with Crippen LogP contribution in [-0.4, -0.2) is 44.5 Å². The predicted octanol–water partition coefficient (Wildman–Crippen LogP) is 1.47. The Bertz CT molecular complexity index is 360. The number of aryl methyl sites for hydroxylation is 1. The summed E-state index contributed by atoms with van der Waals surface area (Å²) in [6.45, 7) is 4.64. The van der Waals surface area contributed by atoms with Crippen molar-refractivity contribution in [1.82, 2.24) is 10.2 Å². The van der Waals surface area contributed by atoms with Crippen molar-refractivity contribution in [2.45, 2.75) is 13.3 Å². The summed E-state index contributed by atoms with van der Waals surface area (Å²) in [5.74, 6) is 0.0520. The molecule has 4 heteroatoms.